The average molecular weight is 279 g/mol. The molecule has 0 spiro atoms. The molecule has 0 amide bonds. The number of likely N-dealkylation sites (N-methyl/N-ethyl adjacent to an activating group) is 1. The number of carbonyl (C=O) groups is 1. The van der Waals surface area contributed by atoms with Gasteiger partial charge in [-0.25, -0.2) is 0 Å². The summed E-state index contributed by atoms with van der Waals surface area (Å²) in [7, 11) is 2.06. The van der Waals surface area contributed by atoms with Gasteiger partial charge < -0.3 is 0 Å². The molecule has 2 aromatic rings. The van der Waals surface area contributed by atoms with Crippen molar-refractivity contribution in [3.63, 3.8) is 0 Å². The third kappa shape index (κ3) is 2.91. The Bertz CT molecular complexity index is 645. The highest BCUT2D eigenvalue weighted by Gasteiger charge is 2.27. The van der Waals surface area contributed by atoms with E-state index in [1.54, 1.807) is 0 Å². The van der Waals surface area contributed by atoms with E-state index in [1.165, 1.54) is 16.7 Å². The maximum Gasteiger partial charge on any atom is 0.180 e. The van der Waals surface area contributed by atoms with Gasteiger partial charge in [-0.15, -0.1) is 0 Å². The topological polar surface area (TPSA) is 20.3 Å². The first-order valence-corrected chi connectivity index (χ1v) is 7.53. The second-order valence-corrected chi connectivity index (χ2v) is 5.95. The van der Waals surface area contributed by atoms with E-state index in [9.17, 15) is 4.79 Å². The van der Waals surface area contributed by atoms with Crippen LogP contribution in [-0.4, -0.2) is 30.3 Å². The minimum atomic E-state index is -0.0589. The van der Waals surface area contributed by atoms with Crippen molar-refractivity contribution >= 4 is 5.78 Å². The number of ketones is 1. The van der Waals surface area contributed by atoms with E-state index in [4.69, 9.17) is 0 Å². The molecule has 21 heavy (non-hydrogen) atoms. The van der Waals surface area contributed by atoms with Gasteiger partial charge in [-0.05, 0) is 37.9 Å². The van der Waals surface area contributed by atoms with E-state index in [0.29, 0.717) is 0 Å². The number of hydrogen-bond acceptors (Lipinski definition) is 2. The van der Waals surface area contributed by atoms with Crippen molar-refractivity contribution in [2.75, 3.05) is 13.6 Å². The molecule has 0 aliphatic carbocycles. The molecule has 1 aliphatic rings. The number of Topliss-reactive ketones (excluding diaryl/α,β-unsaturated/α-hetero) is 1. The molecule has 3 rings (SSSR count). The molecule has 2 heteroatoms. The lowest BCUT2D eigenvalue weighted by Gasteiger charge is -2.24. The van der Waals surface area contributed by atoms with Crippen molar-refractivity contribution in [3.05, 3.63) is 70.8 Å². The molecule has 2 nitrogen and oxygen atoms in total. The molecule has 0 radical (unpaired) electrons. The highest BCUT2D eigenvalue weighted by Crippen LogP contribution is 2.21. The molecule has 1 aliphatic heterocycles. The van der Waals surface area contributed by atoms with Crippen LogP contribution in [0.5, 0.6) is 0 Å². The SMILES string of the molecule is Cc1ccc(C(=O)C2Cc3ccccc3CCN2C)cc1. The van der Waals surface area contributed by atoms with Crippen molar-refractivity contribution in [1.29, 1.82) is 0 Å². The summed E-state index contributed by atoms with van der Waals surface area (Å²) >= 11 is 0. The van der Waals surface area contributed by atoms with Crippen molar-refractivity contribution in [2.24, 2.45) is 0 Å². The van der Waals surface area contributed by atoms with Crippen molar-refractivity contribution in [1.82, 2.24) is 4.90 Å². The van der Waals surface area contributed by atoms with Crippen LogP contribution in [-0.2, 0) is 12.8 Å². The predicted octanol–water partition coefficient (Wildman–Crippen LogP) is 3.28. The molecule has 2 aromatic carbocycles. The van der Waals surface area contributed by atoms with Crippen LogP contribution in [0.4, 0.5) is 0 Å². The van der Waals surface area contributed by atoms with Crippen molar-refractivity contribution < 1.29 is 4.79 Å². The summed E-state index contributed by atoms with van der Waals surface area (Å²) in [5.41, 5.74) is 4.69. The third-order valence-electron chi connectivity index (χ3n) is 4.44. The first-order valence-electron chi connectivity index (χ1n) is 7.53. The Labute approximate surface area is 126 Å². The summed E-state index contributed by atoms with van der Waals surface area (Å²) in [5.74, 6) is 0.231. The molecule has 0 saturated heterocycles. The summed E-state index contributed by atoms with van der Waals surface area (Å²) < 4.78 is 0. The minimum absolute atomic E-state index is 0.0589. The van der Waals surface area contributed by atoms with Gasteiger partial charge in [-0.2, -0.15) is 0 Å². The Kier molecular flexibility index (Phi) is 3.89. The van der Waals surface area contributed by atoms with E-state index in [-0.39, 0.29) is 11.8 Å². The Morgan fingerprint density at radius 1 is 1.05 bits per heavy atom. The number of fused-ring (bicyclic) bond motifs is 1. The van der Waals surface area contributed by atoms with E-state index in [1.807, 2.05) is 31.2 Å². The lowest BCUT2D eigenvalue weighted by atomic mass is 9.95. The zero-order valence-corrected chi connectivity index (χ0v) is 12.7. The van der Waals surface area contributed by atoms with Gasteiger partial charge in [0.1, 0.15) is 0 Å². The number of rotatable bonds is 2. The highest BCUT2D eigenvalue weighted by molar-refractivity contribution is 6.00. The second-order valence-electron chi connectivity index (χ2n) is 5.95. The minimum Gasteiger partial charge on any atom is -0.296 e. The molecular formula is C19H21NO. The molecular weight excluding hydrogens is 258 g/mol. The molecule has 108 valence electrons. The first kappa shape index (κ1) is 14.0. The van der Waals surface area contributed by atoms with Crippen LogP contribution < -0.4 is 0 Å². The standard InChI is InChI=1S/C19H21NO/c1-14-7-9-16(10-8-14)19(21)18-13-17-6-4-3-5-15(17)11-12-20(18)2/h3-10,18H,11-13H2,1-2H3. The molecule has 1 unspecified atom stereocenters. The highest BCUT2D eigenvalue weighted by atomic mass is 16.1. The van der Waals surface area contributed by atoms with Gasteiger partial charge in [-0.1, -0.05) is 54.1 Å². The predicted molar refractivity (Wildman–Crippen MR) is 85.8 cm³/mol. The number of aryl methyl sites for hydroxylation is 1. The van der Waals surface area contributed by atoms with E-state index < -0.39 is 0 Å². The summed E-state index contributed by atoms with van der Waals surface area (Å²) in [4.78, 5) is 15.0. The molecule has 0 N–H and O–H groups in total. The molecule has 0 fully saturated rings. The number of carbonyl (C=O) groups excluding carboxylic acids is 1. The number of benzene rings is 2. The maximum atomic E-state index is 12.8. The number of hydrogen-bond donors (Lipinski definition) is 0. The van der Waals surface area contributed by atoms with E-state index in [2.05, 4.69) is 36.2 Å². The van der Waals surface area contributed by atoms with Gasteiger partial charge in [-0.3, -0.25) is 9.69 Å². The van der Waals surface area contributed by atoms with E-state index in [0.717, 1.165) is 24.9 Å². The summed E-state index contributed by atoms with van der Waals surface area (Å²) in [6.45, 7) is 2.97. The fourth-order valence-corrected chi connectivity index (χ4v) is 3.02. The van der Waals surface area contributed by atoms with Crippen LogP contribution in [0, 0.1) is 6.92 Å². The monoisotopic (exact) mass is 279 g/mol. The quantitative estimate of drug-likeness (QED) is 0.786. The fraction of sp³-hybridized carbons (Fsp3) is 0.316. The Hall–Kier alpha value is -1.93. The third-order valence-corrected chi connectivity index (χ3v) is 4.44. The largest absolute Gasteiger partial charge is 0.296 e. The Morgan fingerprint density at radius 3 is 2.43 bits per heavy atom. The average Bonchev–Trinajstić information content (AvgIpc) is 2.67. The normalized spacial score (nSPS) is 18.9. The lowest BCUT2D eigenvalue weighted by Crippen LogP contribution is -2.39. The van der Waals surface area contributed by atoms with Gasteiger partial charge in [0.2, 0.25) is 0 Å². The smallest absolute Gasteiger partial charge is 0.180 e. The van der Waals surface area contributed by atoms with Gasteiger partial charge in [0.05, 0.1) is 6.04 Å². The molecule has 0 saturated carbocycles. The zero-order chi connectivity index (χ0) is 14.8. The second kappa shape index (κ2) is 5.82. The van der Waals surface area contributed by atoms with Crippen LogP contribution in [0.2, 0.25) is 0 Å². The molecule has 0 bridgehead atoms. The van der Waals surface area contributed by atoms with Crippen LogP contribution in [0.1, 0.15) is 27.0 Å². The van der Waals surface area contributed by atoms with Gasteiger partial charge in [0.25, 0.3) is 0 Å². The zero-order valence-electron chi connectivity index (χ0n) is 12.7. The Balaban J connectivity index is 1.90. The Morgan fingerprint density at radius 2 is 1.71 bits per heavy atom. The first-order chi connectivity index (χ1) is 10.1. The molecule has 1 atom stereocenters. The van der Waals surface area contributed by atoms with Crippen LogP contribution in [0.15, 0.2) is 48.5 Å². The van der Waals surface area contributed by atoms with Gasteiger partial charge in [0, 0.05) is 12.1 Å². The van der Waals surface area contributed by atoms with Crippen LogP contribution >= 0.6 is 0 Å². The van der Waals surface area contributed by atoms with Gasteiger partial charge in [0.15, 0.2) is 5.78 Å². The fourth-order valence-electron chi connectivity index (χ4n) is 3.02. The van der Waals surface area contributed by atoms with Crippen molar-refractivity contribution in [2.45, 2.75) is 25.8 Å². The van der Waals surface area contributed by atoms with Gasteiger partial charge >= 0.3 is 0 Å². The number of nitrogens with zero attached hydrogens (tertiary/aromatic N) is 1. The van der Waals surface area contributed by atoms with E-state index >= 15 is 0 Å². The summed E-state index contributed by atoms with van der Waals surface area (Å²) in [5, 5.41) is 0. The van der Waals surface area contributed by atoms with Crippen LogP contribution in [0.3, 0.4) is 0 Å². The lowest BCUT2D eigenvalue weighted by molar-refractivity contribution is 0.0857. The van der Waals surface area contributed by atoms with Crippen molar-refractivity contribution in [3.8, 4) is 0 Å². The van der Waals surface area contributed by atoms with Crippen LogP contribution in [0.25, 0.3) is 0 Å². The summed E-state index contributed by atoms with van der Waals surface area (Å²) in [6, 6.07) is 16.3. The maximum absolute atomic E-state index is 12.8. The molecule has 1 heterocycles. The summed E-state index contributed by atoms with van der Waals surface area (Å²) in [6.07, 6.45) is 1.82. The molecule has 0 aromatic heterocycles.